The molecule has 0 fully saturated rings. The van der Waals surface area contributed by atoms with E-state index in [4.69, 9.17) is 4.74 Å². The Labute approximate surface area is 96.7 Å². The summed E-state index contributed by atoms with van der Waals surface area (Å²) in [5.41, 5.74) is 0.477. The molecule has 0 saturated heterocycles. The van der Waals surface area contributed by atoms with Crippen molar-refractivity contribution in [3.63, 3.8) is 0 Å². The standard InChI is InChI=1S/C11H12F3NO2/c1-17-7-10(9-5-3-2-4-6-9)15(16)8-11(12,13)14/h2-6,8,10H,7H2,1H3/b15-8-/t10-/m1/s1. The molecule has 94 valence electrons. The second-order valence-corrected chi connectivity index (χ2v) is 3.41. The second kappa shape index (κ2) is 5.67. The number of nitrogens with zero attached hydrogens (tertiary/aromatic N) is 1. The van der Waals surface area contributed by atoms with Crippen LogP contribution >= 0.6 is 0 Å². The van der Waals surface area contributed by atoms with Crippen LogP contribution in [0.1, 0.15) is 11.6 Å². The van der Waals surface area contributed by atoms with Gasteiger partial charge in [-0.15, -0.1) is 0 Å². The lowest BCUT2D eigenvalue weighted by molar-refractivity contribution is -0.514. The van der Waals surface area contributed by atoms with Gasteiger partial charge in [-0.3, -0.25) is 0 Å². The van der Waals surface area contributed by atoms with Crippen molar-refractivity contribution in [2.75, 3.05) is 13.7 Å². The molecule has 0 aliphatic rings. The highest BCUT2D eigenvalue weighted by molar-refractivity contribution is 5.58. The molecule has 0 aliphatic carbocycles. The zero-order valence-corrected chi connectivity index (χ0v) is 9.15. The molecule has 0 aliphatic heterocycles. The number of rotatable bonds is 4. The number of ether oxygens (including phenoxy) is 1. The van der Waals surface area contributed by atoms with Gasteiger partial charge in [0.15, 0.2) is 0 Å². The van der Waals surface area contributed by atoms with E-state index in [2.05, 4.69) is 0 Å². The van der Waals surface area contributed by atoms with Gasteiger partial charge in [0.05, 0.1) is 0 Å². The van der Waals surface area contributed by atoms with E-state index in [0.29, 0.717) is 5.56 Å². The first-order valence-electron chi connectivity index (χ1n) is 4.86. The van der Waals surface area contributed by atoms with Gasteiger partial charge in [-0.25, -0.2) is 0 Å². The first-order chi connectivity index (χ1) is 7.94. The number of methoxy groups -OCH3 is 1. The zero-order valence-electron chi connectivity index (χ0n) is 9.15. The normalized spacial score (nSPS) is 14.7. The molecule has 0 heterocycles. The molecule has 17 heavy (non-hydrogen) atoms. The van der Waals surface area contributed by atoms with Crippen molar-refractivity contribution in [1.29, 1.82) is 0 Å². The van der Waals surface area contributed by atoms with Crippen molar-refractivity contribution in [3.8, 4) is 0 Å². The Kier molecular flexibility index (Phi) is 4.51. The van der Waals surface area contributed by atoms with E-state index in [1.54, 1.807) is 30.3 Å². The molecule has 6 heteroatoms. The van der Waals surface area contributed by atoms with Gasteiger partial charge in [0.1, 0.15) is 6.61 Å². The van der Waals surface area contributed by atoms with Gasteiger partial charge in [0.2, 0.25) is 6.04 Å². The van der Waals surface area contributed by atoms with Gasteiger partial charge < -0.3 is 9.94 Å². The Hall–Kier alpha value is -1.56. The highest BCUT2D eigenvalue weighted by atomic mass is 19.4. The fourth-order valence-corrected chi connectivity index (χ4v) is 1.38. The minimum Gasteiger partial charge on any atom is -0.623 e. The monoisotopic (exact) mass is 247 g/mol. The van der Waals surface area contributed by atoms with Crippen LogP contribution in [0.15, 0.2) is 30.3 Å². The summed E-state index contributed by atoms with van der Waals surface area (Å²) in [7, 11) is 1.33. The third kappa shape index (κ3) is 4.44. The number of benzene rings is 1. The van der Waals surface area contributed by atoms with Crippen LogP contribution in [0.4, 0.5) is 13.2 Å². The minimum absolute atomic E-state index is 0.111. The summed E-state index contributed by atoms with van der Waals surface area (Å²) in [4.78, 5) is 0. The van der Waals surface area contributed by atoms with Crippen LogP contribution in [0.3, 0.4) is 0 Å². The fourth-order valence-electron chi connectivity index (χ4n) is 1.38. The van der Waals surface area contributed by atoms with Crippen molar-refractivity contribution in [1.82, 2.24) is 0 Å². The van der Waals surface area contributed by atoms with Gasteiger partial charge in [-0.05, 0) is 0 Å². The summed E-state index contributed by atoms with van der Waals surface area (Å²) in [5.74, 6) is 0. The average Bonchev–Trinajstić information content (AvgIpc) is 2.24. The summed E-state index contributed by atoms with van der Waals surface area (Å²) < 4.78 is 40.9. The quantitative estimate of drug-likeness (QED) is 0.354. The van der Waals surface area contributed by atoms with E-state index in [1.165, 1.54) is 7.11 Å². The van der Waals surface area contributed by atoms with Crippen LogP contribution in [-0.2, 0) is 4.74 Å². The molecule has 0 N–H and O–H groups in total. The molecule has 0 spiro atoms. The van der Waals surface area contributed by atoms with Crippen LogP contribution in [0, 0.1) is 5.21 Å². The summed E-state index contributed by atoms with van der Waals surface area (Å²) >= 11 is 0. The van der Waals surface area contributed by atoms with E-state index >= 15 is 0 Å². The summed E-state index contributed by atoms with van der Waals surface area (Å²) in [6, 6.07) is 7.19. The second-order valence-electron chi connectivity index (χ2n) is 3.41. The maximum Gasteiger partial charge on any atom is 0.470 e. The first kappa shape index (κ1) is 13.5. The summed E-state index contributed by atoms with van der Waals surface area (Å²) in [6.07, 6.45) is -4.94. The largest absolute Gasteiger partial charge is 0.623 e. The molecule has 0 bridgehead atoms. The molecule has 0 amide bonds. The maximum atomic E-state index is 12.1. The lowest BCUT2D eigenvalue weighted by Crippen LogP contribution is -2.25. The van der Waals surface area contributed by atoms with Crippen molar-refractivity contribution in [2.24, 2.45) is 0 Å². The van der Waals surface area contributed by atoms with Crippen LogP contribution < -0.4 is 0 Å². The molecular formula is C11H12F3NO2. The third-order valence-corrected chi connectivity index (χ3v) is 2.09. The van der Waals surface area contributed by atoms with Crippen molar-refractivity contribution in [3.05, 3.63) is 41.1 Å². The Morgan fingerprint density at radius 2 is 1.94 bits per heavy atom. The first-order valence-corrected chi connectivity index (χ1v) is 4.86. The SMILES string of the molecule is COC[C@H](c1ccccc1)/[N+]([O-])=C/C(F)(F)F. The van der Waals surface area contributed by atoms with Crippen LogP contribution in [0.2, 0.25) is 0 Å². The van der Waals surface area contributed by atoms with Gasteiger partial charge in [-0.2, -0.15) is 17.9 Å². The smallest absolute Gasteiger partial charge is 0.470 e. The van der Waals surface area contributed by atoms with Crippen molar-refractivity contribution >= 4 is 6.21 Å². The molecule has 3 nitrogen and oxygen atoms in total. The molecule has 1 atom stereocenters. The molecule has 1 aromatic carbocycles. The Balaban J connectivity index is 2.98. The fraction of sp³-hybridized carbons (Fsp3) is 0.364. The molecule has 0 radical (unpaired) electrons. The molecule has 0 unspecified atom stereocenters. The van der Waals surface area contributed by atoms with E-state index in [-0.39, 0.29) is 17.6 Å². The predicted octanol–water partition coefficient (Wildman–Crippen LogP) is 2.52. The Morgan fingerprint density at radius 1 is 1.35 bits per heavy atom. The van der Waals surface area contributed by atoms with E-state index in [0.717, 1.165) is 0 Å². The van der Waals surface area contributed by atoms with Gasteiger partial charge in [-0.1, -0.05) is 30.3 Å². The molecule has 0 saturated carbocycles. The van der Waals surface area contributed by atoms with Gasteiger partial charge in [0, 0.05) is 12.7 Å². The number of halogens is 3. The van der Waals surface area contributed by atoms with Crippen molar-refractivity contribution in [2.45, 2.75) is 12.2 Å². The predicted molar refractivity (Wildman–Crippen MR) is 56.8 cm³/mol. The Bertz CT molecular complexity index is 376. The highest BCUT2D eigenvalue weighted by Crippen LogP contribution is 2.19. The summed E-state index contributed by atoms with van der Waals surface area (Å²) in [5, 5.41) is 11.4. The summed E-state index contributed by atoms with van der Waals surface area (Å²) in [6.45, 7) is -0.111. The van der Waals surface area contributed by atoms with E-state index in [1.807, 2.05) is 0 Å². The van der Waals surface area contributed by atoms with E-state index in [9.17, 15) is 18.4 Å². The number of alkyl halides is 3. The maximum absolute atomic E-state index is 12.1. The minimum atomic E-state index is -4.64. The third-order valence-electron chi connectivity index (χ3n) is 2.09. The van der Waals surface area contributed by atoms with Gasteiger partial charge in [0.25, 0.3) is 6.21 Å². The molecular weight excluding hydrogens is 235 g/mol. The van der Waals surface area contributed by atoms with Crippen LogP contribution in [0.25, 0.3) is 0 Å². The zero-order chi connectivity index (χ0) is 12.9. The number of hydrogen-bond donors (Lipinski definition) is 0. The molecule has 0 aromatic heterocycles. The number of hydroxylamine groups is 1. The van der Waals surface area contributed by atoms with Crippen LogP contribution in [0.5, 0.6) is 0 Å². The highest BCUT2D eigenvalue weighted by Gasteiger charge is 2.32. The average molecular weight is 247 g/mol. The van der Waals surface area contributed by atoms with Crippen LogP contribution in [-0.4, -0.2) is 30.8 Å². The Morgan fingerprint density at radius 3 is 2.41 bits per heavy atom. The lowest BCUT2D eigenvalue weighted by atomic mass is 10.1. The lowest BCUT2D eigenvalue weighted by Gasteiger charge is -2.17. The van der Waals surface area contributed by atoms with Gasteiger partial charge >= 0.3 is 6.18 Å². The topological polar surface area (TPSA) is 35.3 Å². The molecule has 1 rings (SSSR count). The van der Waals surface area contributed by atoms with Crippen molar-refractivity contribution < 1.29 is 22.6 Å². The number of hydrogen-bond acceptors (Lipinski definition) is 2. The van der Waals surface area contributed by atoms with E-state index < -0.39 is 12.2 Å². The molecule has 1 aromatic rings.